The molecule has 0 saturated heterocycles. The van der Waals surface area contributed by atoms with E-state index in [1.807, 2.05) is 18.2 Å². The van der Waals surface area contributed by atoms with Gasteiger partial charge in [-0.15, -0.1) is 0 Å². The summed E-state index contributed by atoms with van der Waals surface area (Å²) in [5.41, 5.74) is 0. The summed E-state index contributed by atoms with van der Waals surface area (Å²) in [4.78, 5) is 0. The molecule has 1 rings (SSSR count). The van der Waals surface area contributed by atoms with Gasteiger partial charge in [0.25, 0.3) is 0 Å². The SMILES string of the molecule is COB(ON)Oc1ccccc1. The van der Waals surface area contributed by atoms with Gasteiger partial charge in [-0.3, -0.25) is 4.76 Å². The van der Waals surface area contributed by atoms with E-state index in [4.69, 9.17) is 15.2 Å². The molecule has 1 aromatic rings. The predicted octanol–water partition coefficient (Wildman–Crippen LogP) is 0.587. The quantitative estimate of drug-likeness (QED) is 0.526. The molecule has 0 fully saturated rings. The van der Waals surface area contributed by atoms with Crippen molar-refractivity contribution in [1.29, 1.82) is 0 Å². The molecular weight excluding hydrogens is 157 g/mol. The smallest absolute Gasteiger partial charge is 0.511 e. The van der Waals surface area contributed by atoms with Crippen molar-refractivity contribution in [3.8, 4) is 5.75 Å². The Kier molecular flexibility index (Phi) is 3.60. The molecule has 0 saturated carbocycles. The van der Waals surface area contributed by atoms with Gasteiger partial charge >= 0.3 is 7.32 Å². The van der Waals surface area contributed by atoms with Gasteiger partial charge in [0, 0.05) is 7.11 Å². The van der Waals surface area contributed by atoms with Crippen molar-refractivity contribution in [2.75, 3.05) is 7.11 Å². The van der Waals surface area contributed by atoms with E-state index in [1.165, 1.54) is 7.11 Å². The minimum atomic E-state index is -0.854. The average Bonchev–Trinajstić information content (AvgIpc) is 2.16. The maximum absolute atomic E-state index is 5.14. The summed E-state index contributed by atoms with van der Waals surface area (Å²) in [6, 6.07) is 9.14. The molecule has 0 atom stereocenters. The lowest BCUT2D eigenvalue weighted by atomic mass is 10.2. The Bertz CT molecular complexity index is 215. The molecule has 0 spiro atoms. The maximum Gasteiger partial charge on any atom is 0.730 e. The van der Waals surface area contributed by atoms with Crippen molar-refractivity contribution in [2.45, 2.75) is 0 Å². The molecule has 0 radical (unpaired) electrons. The standard InChI is InChI=1S/C7H10BNO3/c1-10-8(12-9)11-7-5-3-2-4-6-7/h2-6H,9H2,1H3. The van der Waals surface area contributed by atoms with Crippen LogP contribution in [-0.2, 0) is 9.41 Å². The van der Waals surface area contributed by atoms with Gasteiger partial charge in [-0.05, 0) is 12.1 Å². The van der Waals surface area contributed by atoms with Crippen LogP contribution in [0.3, 0.4) is 0 Å². The van der Waals surface area contributed by atoms with Gasteiger partial charge in [0.1, 0.15) is 5.75 Å². The van der Waals surface area contributed by atoms with Gasteiger partial charge in [0.15, 0.2) is 0 Å². The first kappa shape index (κ1) is 9.06. The van der Waals surface area contributed by atoms with Gasteiger partial charge in [-0.1, -0.05) is 18.2 Å². The van der Waals surface area contributed by atoms with Crippen LogP contribution in [0.25, 0.3) is 0 Å². The molecule has 2 N–H and O–H groups in total. The molecule has 64 valence electrons. The fourth-order valence-electron chi connectivity index (χ4n) is 0.742. The minimum Gasteiger partial charge on any atom is -0.511 e. The zero-order valence-corrected chi connectivity index (χ0v) is 6.77. The van der Waals surface area contributed by atoms with Crippen LogP contribution in [0.2, 0.25) is 0 Å². The van der Waals surface area contributed by atoms with Crippen LogP contribution >= 0.6 is 0 Å². The van der Waals surface area contributed by atoms with Gasteiger partial charge in [0.05, 0.1) is 0 Å². The van der Waals surface area contributed by atoms with E-state index in [9.17, 15) is 0 Å². The second kappa shape index (κ2) is 4.76. The highest BCUT2D eigenvalue weighted by atomic mass is 16.8. The van der Waals surface area contributed by atoms with Gasteiger partial charge in [0.2, 0.25) is 0 Å². The fraction of sp³-hybridized carbons (Fsp3) is 0.143. The monoisotopic (exact) mass is 167 g/mol. The lowest BCUT2D eigenvalue weighted by Crippen LogP contribution is -2.31. The first-order chi connectivity index (χ1) is 5.86. The van der Waals surface area contributed by atoms with Crippen LogP contribution < -0.4 is 10.6 Å². The number of para-hydroxylation sites is 1. The van der Waals surface area contributed by atoms with E-state index in [2.05, 4.69) is 4.76 Å². The van der Waals surface area contributed by atoms with Crippen molar-refractivity contribution in [1.82, 2.24) is 0 Å². The van der Waals surface area contributed by atoms with Crippen LogP contribution in [0.1, 0.15) is 0 Å². The number of hydrogen-bond donors (Lipinski definition) is 1. The molecule has 0 aromatic heterocycles. The summed E-state index contributed by atoms with van der Waals surface area (Å²) in [6.07, 6.45) is 0. The molecule has 0 amide bonds. The van der Waals surface area contributed by atoms with Crippen molar-refractivity contribution in [3.05, 3.63) is 30.3 Å². The number of benzene rings is 1. The Hall–Kier alpha value is -1.04. The van der Waals surface area contributed by atoms with Crippen molar-refractivity contribution < 1.29 is 14.1 Å². The number of rotatable bonds is 4. The summed E-state index contributed by atoms with van der Waals surface area (Å²) < 4.78 is 14.2. The van der Waals surface area contributed by atoms with E-state index < -0.39 is 7.32 Å². The first-order valence-corrected chi connectivity index (χ1v) is 3.47. The normalized spacial score (nSPS) is 9.50. The predicted molar refractivity (Wildman–Crippen MR) is 45.1 cm³/mol. The van der Waals surface area contributed by atoms with Gasteiger partial charge < -0.3 is 9.31 Å². The fourth-order valence-corrected chi connectivity index (χ4v) is 0.742. The molecule has 1 aromatic carbocycles. The van der Waals surface area contributed by atoms with Crippen molar-refractivity contribution in [3.63, 3.8) is 0 Å². The summed E-state index contributed by atoms with van der Waals surface area (Å²) in [5.74, 6) is 5.53. The average molecular weight is 167 g/mol. The summed E-state index contributed by atoms with van der Waals surface area (Å²) in [6.45, 7) is 0. The van der Waals surface area contributed by atoms with Gasteiger partial charge in [-0.25, -0.2) is 5.90 Å². The van der Waals surface area contributed by atoms with Crippen LogP contribution in [0.15, 0.2) is 30.3 Å². The third-order valence-corrected chi connectivity index (χ3v) is 1.28. The molecule has 0 aliphatic heterocycles. The zero-order valence-electron chi connectivity index (χ0n) is 6.77. The van der Waals surface area contributed by atoms with E-state index in [1.54, 1.807) is 12.1 Å². The molecule has 5 heteroatoms. The zero-order chi connectivity index (χ0) is 8.81. The van der Waals surface area contributed by atoms with E-state index in [-0.39, 0.29) is 0 Å². The highest BCUT2D eigenvalue weighted by molar-refractivity contribution is 6.37. The van der Waals surface area contributed by atoms with Crippen molar-refractivity contribution in [2.24, 2.45) is 5.90 Å². The second-order valence-electron chi connectivity index (χ2n) is 2.09. The Balaban J connectivity index is 2.51. The topological polar surface area (TPSA) is 53.7 Å². The maximum atomic E-state index is 5.14. The van der Waals surface area contributed by atoms with Crippen LogP contribution in [-0.4, -0.2) is 14.4 Å². The Morgan fingerprint density at radius 2 is 1.92 bits per heavy atom. The molecule has 4 nitrogen and oxygen atoms in total. The molecular formula is C7H10BNO3. The largest absolute Gasteiger partial charge is 0.730 e. The minimum absolute atomic E-state index is 0.648. The van der Waals surface area contributed by atoms with Gasteiger partial charge in [-0.2, -0.15) is 0 Å². The number of nitrogens with two attached hydrogens (primary N) is 1. The van der Waals surface area contributed by atoms with E-state index in [0.29, 0.717) is 5.75 Å². The highest BCUT2D eigenvalue weighted by Crippen LogP contribution is 2.09. The summed E-state index contributed by atoms with van der Waals surface area (Å²) in [5, 5.41) is 0. The van der Waals surface area contributed by atoms with Crippen LogP contribution in [0.4, 0.5) is 0 Å². The van der Waals surface area contributed by atoms with E-state index >= 15 is 0 Å². The first-order valence-electron chi connectivity index (χ1n) is 3.47. The lowest BCUT2D eigenvalue weighted by molar-refractivity contribution is 0.169. The van der Waals surface area contributed by atoms with Crippen LogP contribution in [0, 0.1) is 0 Å². The Labute approximate surface area is 71.4 Å². The summed E-state index contributed by atoms with van der Waals surface area (Å²) >= 11 is 0. The molecule has 12 heavy (non-hydrogen) atoms. The Morgan fingerprint density at radius 3 is 2.42 bits per heavy atom. The second-order valence-corrected chi connectivity index (χ2v) is 2.09. The lowest BCUT2D eigenvalue weighted by Gasteiger charge is -2.08. The summed E-state index contributed by atoms with van der Waals surface area (Å²) in [7, 11) is 0.591. The molecule has 0 heterocycles. The molecule has 0 aliphatic rings. The molecule has 0 bridgehead atoms. The molecule has 0 aliphatic carbocycles. The van der Waals surface area contributed by atoms with E-state index in [0.717, 1.165) is 0 Å². The van der Waals surface area contributed by atoms with Crippen molar-refractivity contribution >= 4 is 7.32 Å². The third-order valence-electron chi connectivity index (χ3n) is 1.28. The third kappa shape index (κ3) is 2.54. The Morgan fingerprint density at radius 1 is 1.25 bits per heavy atom. The number of hydrogen-bond acceptors (Lipinski definition) is 4. The van der Waals surface area contributed by atoms with Crippen LogP contribution in [0.5, 0.6) is 5.75 Å². The molecule has 0 unspecified atom stereocenters. The highest BCUT2D eigenvalue weighted by Gasteiger charge is 2.20.